The van der Waals surface area contributed by atoms with Crippen LogP contribution in [0.5, 0.6) is 0 Å². The number of benzene rings is 6. The third-order valence-corrected chi connectivity index (χ3v) is 24.9. The molecule has 0 bridgehead atoms. The molecule has 10 rings (SSSR count). The van der Waals surface area contributed by atoms with Gasteiger partial charge in [-0.15, -0.1) is 0 Å². The largest absolute Gasteiger partial charge is 0.356 e. The molecule has 0 heterocycles. The Morgan fingerprint density at radius 1 is 0.353 bits per heavy atom. The Morgan fingerprint density at radius 3 is 1.21 bits per heavy atom. The van der Waals surface area contributed by atoms with Crippen LogP contribution in [0.25, 0.3) is 39.0 Å². The Balaban J connectivity index is 1.08. The Kier molecular flexibility index (Phi) is 31.3. The summed E-state index contributed by atoms with van der Waals surface area (Å²) in [5.41, 5.74) is 28.8. The van der Waals surface area contributed by atoms with Crippen LogP contribution in [-0.4, -0.2) is 0 Å². The van der Waals surface area contributed by atoms with Gasteiger partial charge in [0.25, 0.3) is 0 Å². The monoisotopic (exact) mass is 1370 g/mol. The molecule has 0 aliphatic heterocycles. The van der Waals surface area contributed by atoms with Crippen molar-refractivity contribution in [2.24, 2.45) is 0 Å². The molecule has 4 aliphatic carbocycles. The molecule has 0 radical (unpaired) electrons. The third-order valence-electron chi connectivity index (χ3n) is 24.9. The van der Waals surface area contributed by atoms with Crippen molar-refractivity contribution >= 4 is 33.8 Å². The van der Waals surface area contributed by atoms with E-state index in [4.69, 9.17) is 6.58 Å². The summed E-state index contributed by atoms with van der Waals surface area (Å²) in [7, 11) is 0. The van der Waals surface area contributed by atoms with Gasteiger partial charge in [0.15, 0.2) is 0 Å². The van der Waals surface area contributed by atoms with Crippen molar-refractivity contribution in [2.75, 3.05) is 10.6 Å². The molecule has 0 saturated heterocycles. The molecule has 4 aliphatic rings. The minimum absolute atomic E-state index is 0.0353. The van der Waals surface area contributed by atoms with E-state index in [0.29, 0.717) is 0 Å². The summed E-state index contributed by atoms with van der Waals surface area (Å²) in [6, 6.07) is 52.8. The van der Waals surface area contributed by atoms with Gasteiger partial charge in [-0.3, -0.25) is 0 Å². The second kappa shape index (κ2) is 40.8. The minimum Gasteiger partial charge on any atom is -0.356 e. The van der Waals surface area contributed by atoms with E-state index >= 15 is 0 Å². The van der Waals surface area contributed by atoms with E-state index in [9.17, 15) is 0 Å². The van der Waals surface area contributed by atoms with Crippen molar-refractivity contribution < 1.29 is 0 Å². The van der Waals surface area contributed by atoms with Gasteiger partial charge in [-0.2, -0.15) is 0 Å². The molecule has 0 amide bonds. The van der Waals surface area contributed by atoms with Crippen LogP contribution in [0.4, 0.5) is 17.1 Å². The van der Waals surface area contributed by atoms with Crippen LogP contribution < -0.4 is 10.6 Å². The zero-order valence-corrected chi connectivity index (χ0v) is 65.8. The van der Waals surface area contributed by atoms with Crippen molar-refractivity contribution in [3.05, 3.63) is 214 Å². The molecular weight excluding hydrogens is 1230 g/mol. The number of nitrogens with one attached hydrogen (secondary N) is 2. The van der Waals surface area contributed by atoms with Crippen molar-refractivity contribution in [3.63, 3.8) is 0 Å². The van der Waals surface area contributed by atoms with Gasteiger partial charge >= 0.3 is 0 Å². The Labute approximate surface area is 624 Å². The molecule has 0 aromatic heterocycles. The van der Waals surface area contributed by atoms with Crippen molar-refractivity contribution in [2.45, 2.75) is 347 Å². The molecule has 548 valence electrons. The molecule has 102 heavy (non-hydrogen) atoms. The number of rotatable bonds is 49. The highest BCUT2D eigenvalue weighted by atomic mass is 14.9. The number of para-hydroxylation sites is 2. The molecule has 2 nitrogen and oxygen atoms in total. The van der Waals surface area contributed by atoms with Crippen LogP contribution in [0.1, 0.15) is 370 Å². The van der Waals surface area contributed by atoms with Gasteiger partial charge in [0, 0.05) is 39.0 Å². The maximum Gasteiger partial charge on any atom is 0.0387 e. The zero-order valence-electron chi connectivity index (χ0n) is 65.8. The van der Waals surface area contributed by atoms with Gasteiger partial charge in [0.1, 0.15) is 0 Å². The third kappa shape index (κ3) is 19.6. The van der Waals surface area contributed by atoms with Crippen molar-refractivity contribution in [1.29, 1.82) is 0 Å². The van der Waals surface area contributed by atoms with Gasteiger partial charge < -0.3 is 10.6 Å². The number of hydrogen-bond acceptors (Lipinski definition) is 2. The quantitative estimate of drug-likeness (QED) is 0.0372. The van der Waals surface area contributed by atoms with E-state index in [-0.39, 0.29) is 16.2 Å². The predicted molar refractivity (Wildman–Crippen MR) is 451 cm³/mol. The van der Waals surface area contributed by atoms with Crippen LogP contribution in [0, 0.1) is 0 Å². The zero-order chi connectivity index (χ0) is 71.3. The lowest BCUT2D eigenvalue weighted by atomic mass is 9.67. The molecule has 2 N–H and O–H groups in total. The van der Waals surface area contributed by atoms with Crippen LogP contribution in [0.3, 0.4) is 0 Å². The Morgan fingerprint density at radius 2 is 0.725 bits per heavy atom. The Bertz CT molecular complexity index is 3620. The van der Waals surface area contributed by atoms with Gasteiger partial charge in [0.05, 0.1) is 0 Å². The lowest BCUT2D eigenvalue weighted by Crippen LogP contribution is -2.27. The lowest BCUT2D eigenvalue weighted by molar-refractivity contribution is 0.395. The predicted octanol–water partition coefficient (Wildman–Crippen LogP) is 32.0. The summed E-state index contributed by atoms with van der Waals surface area (Å²) in [6.45, 7) is 21.2. The van der Waals surface area contributed by atoms with Crippen LogP contribution in [-0.2, 0) is 16.2 Å². The normalized spacial score (nSPS) is 15.9. The molecule has 0 atom stereocenters. The first kappa shape index (κ1) is 78.2. The molecule has 0 spiro atoms. The maximum absolute atomic E-state index is 4.77. The minimum atomic E-state index is -0.0893. The number of hydrogen-bond donors (Lipinski definition) is 2. The SMILES string of the molecule is C=C(C=C1/C(=C\C)c2ccc(C3=CC4=C(CC3)c3ccc(-c5ccc6c(c5)C(CCCCCCCC)(CCCCCCCC)c5cc(Nc7ccccc7)ccc5-6)cc3C4(CCCCCCCC)CCCCCCCC)cc2C1(CCCCCCCC)CCCCCCCC)Nc1ccccc1. The molecule has 0 fully saturated rings. The van der Waals surface area contributed by atoms with Crippen LogP contribution in [0.2, 0.25) is 0 Å². The first-order valence-corrected chi connectivity index (χ1v) is 43.0. The van der Waals surface area contributed by atoms with E-state index in [1.807, 2.05) is 0 Å². The lowest BCUT2D eigenvalue weighted by Gasteiger charge is -2.36. The van der Waals surface area contributed by atoms with Gasteiger partial charge in [-0.05, 0) is 208 Å². The Hall–Kier alpha value is -6.38. The van der Waals surface area contributed by atoms with Crippen LogP contribution in [0.15, 0.2) is 175 Å². The number of unbranched alkanes of at least 4 members (excludes halogenated alkanes) is 30. The highest BCUT2D eigenvalue weighted by Crippen LogP contribution is 2.61. The van der Waals surface area contributed by atoms with Crippen LogP contribution >= 0.6 is 0 Å². The van der Waals surface area contributed by atoms with E-state index in [1.54, 1.807) is 44.5 Å². The second-order valence-corrected chi connectivity index (χ2v) is 32.2. The summed E-state index contributed by atoms with van der Waals surface area (Å²) in [4.78, 5) is 0. The van der Waals surface area contributed by atoms with Crippen molar-refractivity contribution in [1.82, 2.24) is 0 Å². The highest BCUT2D eigenvalue weighted by molar-refractivity contribution is 5.94. The molecule has 6 aromatic carbocycles. The second-order valence-electron chi connectivity index (χ2n) is 32.2. The first-order valence-electron chi connectivity index (χ1n) is 43.0. The summed E-state index contributed by atoms with van der Waals surface area (Å²) >= 11 is 0. The summed E-state index contributed by atoms with van der Waals surface area (Å²) in [5.74, 6) is 0. The fourth-order valence-corrected chi connectivity index (χ4v) is 19.2. The molecular formula is C100H138N2. The number of allylic oxidation sites excluding steroid dienone is 8. The summed E-state index contributed by atoms with van der Waals surface area (Å²) in [6.07, 6.45) is 64.6. The summed E-state index contributed by atoms with van der Waals surface area (Å²) < 4.78 is 0. The molecule has 6 aromatic rings. The van der Waals surface area contributed by atoms with E-state index in [1.165, 1.54) is 320 Å². The van der Waals surface area contributed by atoms with Gasteiger partial charge in [0.2, 0.25) is 0 Å². The fraction of sp³-hybridized carbons (Fsp3) is 0.540. The van der Waals surface area contributed by atoms with Crippen molar-refractivity contribution in [3.8, 4) is 22.3 Å². The van der Waals surface area contributed by atoms with Gasteiger partial charge in [-0.1, -0.05) is 370 Å². The van der Waals surface area contributed by atoms with E-state index in [2.05, 4.69) is 211 Å². The smallest absolute Gasteiger partial charge is 0.0387 e. The average molecular weight is 1370 g/mol. The highest BCUT2D eigenvalue weighted by Gasteiger charge is 2.48. The average Bonchev–Trinajstić information content (AvgIpc) is 1.57. The summed E-state index contributed by atoms with van der Waals surface area (Å²) in [5, 5.41) is 7.64. The molecule has 0 unspecified atom stereocenters. The fourth-order valence-electron chi connectivity index (χ4n) is 19.2. The molecule has 0 saturated carbocycles. The standard InChI is InChI=1S/C100H138N2/c1-9-16-22-28-34-46-66-98(67-47-35-29-23-17-10-2)92(72-78(8)101-83-52-42-40-43-53-83)86(15-7)87-61-56-79(73-93(87)98)80-57-62-88-89-63-58-81(75-95(89)99(94(88)74-80,68-48-36-30-24-18-11-3)69-49-37-31-25-19-12-4)82-59-64-90-91-65-60-85(102-84-54-44-41-45-55-84)77-97(91)100(96(90)76-82,70-50-38-32-26-20-13-5)71-51-39-33-27-21-14-6/h15,40-45,52-56,58-61,63-65,72-77,101-102H,8-14,16-39,46-51,57,62,66-71H2,1-7H3/b86-15-,92-72?. The van der Waals surface area contributed by atoms with Gasteiger partial charge in [-0.25, -0.2) is 0 Å². The first-order chi connectivity index (χ1) is 50.2. The number of anilines is 3. The molecule has 2 heteroatoms. The number of fused-ring (bicyclic) bond motifs is 6. The van der Waals surface area contributed by atoms with E-state index in [0.717, 1.165) is 29.9 Å². The van der Waals surface area contributed by atoms with E-state index < -0.39 is 0 Å². The maximum atomic E-state index is 4.77. The topological polar surface area (TPSA) is 24.1 Å².